The Bertz CT molecular complexity index is 1520. The van der Waals surface area contributed by atoms with Gasteiger partial charge in [0.1, 0.15) is 11.6 Å². The molecule has 0 unspecified atom stereocenters. The molecule has 4 rings (SSSR count). The Morgan fingerprint density at radius 2 is 1.84 bits per heavy atom. The number of methoxy groups -OCH3 is 1. The summed E-state index contributed by atoms with van der Waals surface area (Å²) in [5, 5.41) is 8.07. The topological polar surface area (TPSA) is 178 Å². The number of ether oxygens (including phenoxy) is 1. The van der Waals surface area contributed by atoms with E-state index >= 15 is 4.39 Å². The number of carbonyl (C=O) groups is 3. The van der Waals surface area contributed by atoms with Crippen molar-refractivity contribution in [3.05, 3.63) is 65.6 Å². The third-order valence-corrected chi connectivity index (χ3v) is 7.02. The maximum atomic E-state index is 15.4. The molecule has 1 aliphatic rings. The van der Waals surface area contributed by atoms with E-state index in [9.17, 15) is 18.8 Å². The number of nitrogen functional groups attached to an aromatic ring is 1. The van der Waals surface area contributed by atoms with Gasteiger partial charge in [-0.05, 0) is 50.1 Å². The summed E-state index contributed by atoms with van der Waals surface area (Å²) in [5.41, 5.74) is 11.9. The van der Waals surface area contributed by atoms with Crippen molar-refractivity contribution in [1.29, 1.82) is 0 Å². The average molecular weight is 597 g/mol. The third-order valence-electron chi connectivity index (χ3n) is 7.02. The van der Waals surface area contributed by atoms with E-state index in [1.165, 1.54) is 25.4 Å². The Morgan fingerprint density at radius 1 is 1.09 bits per heavy atom. The molecular weight excluding hydrogens is 562 g/mol. The van der Waals surface area contributed by atoms with E-state index < -0.39 is 41.1 Å². The van der Waals surface area contributed by atoms with Gasteiger partial charge in [0.05, 0.1) is 53.2 Å². The van der Waals surface area contributed by atoms with Gasteiger partial charge in [-0.15, -0.1) is 0 Å². The number of carbonyl (C=O) groups excluding carboxylic acids is 3. The first-order chi connectivity index (χ1) is 20.4. The van der Waals surface area contributed by atoms with Gasteiger partial charge in [-0.2, -0.15) is 0 Å². The Morgan fingerprint density at radius 3 is 2.51 bits per heavy atom. The zero-order valence-electron chi connectivity index (χ0n) is 24.2. The van der Waals surface area contributed by atoms with E-state index in [0.29, 0.717) is 24.5 Å². The number of aromatic nitrogens is 2. The molecule has 228 valence electrons. The van der Waals surface area contributed by atoms with Crippen molar-refractivity contribution in [2.24, 2.45) is 11.7 Å². The van der Waals surface area contributed by atoms with Gasteiger partial charge < -0.3 is 37.1 Å². The molecule has 3 atom stereocenters. The van der Waals surface area contributed by atoms with Crippen LogP contribution in [0.2, 0.25) is 0 Å². The van der Waals surface area contributed by atoms with Crippen LogP contribution in [0.5, 0.6) is 0 Å². The molecule has 14 heteroatoms. The van der Waals surface area contributed by atoms with Gasteiger partial charge in [0.2, 0.25) is 0 Å². The summed E-state index contributed by atoms with van der Waals surface area (Å²) in [4.78, 5) is 47.9. The molecular formula is C29H34F2N8O4. The number of hydrogen-bond acceptors (Lipinski definition) is 9. The molecule has 0 spiro atoms. The number of amides is 3. The minimum atomic E-state index is -1.12. The van der Waals surface area contributed by atoms with E-state index in [-0.39, 0.29) is 40.6 Å². The summed E-state index contributed by atoms with van der Waals surface area (Å²) in [6.07, 6.45) is 2.43. The Kier molecular flexibility index (Phi) is 9.39. The summed E-state index contributed by atoms with van der Waals surface area (Å²) in [6, 6.07) is 5.23. The van der Waals surface area contributed by atoms with Crippen LogP contribution in [0.1, 0.15) is 41.6 Å². The van der Waals surface area contributed by atoms with Gasteiger partial charge in [-0.25, -0.2) is 18.6 Å². The fourth-order valence-corrected chi connectivity index (χ4v) is 5.00. The maximum Gasteiger partial charge on any atom is 0.407 e. The lowest BCUT2D eigenvalue weighted by atomic mass is 9.90. The monoisotopic (exact) mass is 596 g/mol. The third kappa shape index (κ3) is 6.80. The molecule has 3 amide bonds. The second-order valence-electron chi connectivity index (χ2n) is 10.6. The highest BCUT2D eigenvalue weighted by Gasteiger charge is 2.35. The predicted octanol–water partition coefficient (Wildman–Crippen LogP) is 2.90. The van der Waals surface area contributed by atoms with Crippen molar-refractivity contribution < 1.29 is 27.9 Å². The van der Waals surface area contributed by atoms with Gasteiger partial charge in [-0.3, -0.25) is 14.6 Å². The molecule has 43 heavy (non-hydrogen) atoms. The molecule has 0 saturated carbocycles. The first kappa shape index (κ1) is 31.1. The maximum absolute atomic E-state index is 15.4. The van der Waals surface area contributed by atoms with E-state index in [0.717, 1.165) is 12.1 Å². The van der Waals surface area contributed by atoms with E-state index in [4.69, 9.17) is 16.2 Å². The Hall–Kier alpha value is -4.85. The molecule has 0 radical (unpaired) electrons. The largest absolute Gasteiger partial charge is 0.453 e. The first-order valence-corrected chi connectivity index (χ1v) is 13.6. The Balaban J connectivity index is 1.61. The van der Waals surface area contributed by atoms with Crippen molar-refractivity contribution in [2.45, 2.75) is 38.9 Å². The first-order valence-electron chi connectivity index (χ1n) is 13.6. The van der Waals surface area contributed by atoms with Crippen LogP contribution in [0.3, 0.4) is 0 Å². The van der Waals surface area contributed by atoms with Crippen molar-refractivity contribution in [3.63, 3.8) is 0 Å². The molecule has 1 saturated heterocycles. The summed E-state index contributed by atoms with van der Waals surface area (Å²) in [5.74, 6) is -3.62. The highest BCUT2D eigenvalue weighted by atomic mass is 19.1. The van der Waals surface area contributed by atoms with Crippen molar-refractivity contribution in [2.75, 3.05) is 36.1 Å². The molecule has 2 aromatic heterocycles. The lowest BCUT2D eigenvalue weighted by Gasteiger charge is -2.42. The standard InChI is InChI=1S/C29H34F2N8O4/c1-14(2)35-27(40)16-5-6-17(30)23(24(16)31)20-8-7-18(32)26(36-20)28(41)37-21-11-34-10-9-22(21)39-12-15(3)25(19(33)13-39)38-29(42)43-4/h5-11,14-15,19,25H,12-13,32-33H2,1-4H3,(H,35,40)(H,37,41)(H,38,42)/t15-,19+,25-/m0/s1. The van der Waals surface area contributed by atoms with E-state index in [1.54, 1.807) is 26.1 Å². The summed E-state index contributed by atoms with van der Waals surface area (Å²) >= 11 is 0. The van der Waals surface area contributed by atoms with Crippen LogP contribution in [0.4, 0.5) is 30.6 Å². The van der Waals surface area contributed by atoms with Crippen molar-refractivity contribution in [3.8, 4) is 11.3 Å². The van der Waals surface area contributed by atoms with Gasteiger partial charge in [0.25, 0.3) is 11.8 Å². The number of nitrogens with one attached hydrogen (secondary N) is 3. The molecule has 0 bridgehead atoms. The van der Waals surface area contributed by atoms with Crippen LogP contribution in [-0.2, 0) is 4.74 Å². The van der Waals surface area contributed by atoms with Crippen LogP contribution < -0.4 is 32.3 Å². The minimum Gasteiger partial charge on any atom is -0.453 e. The molecule has 3 heterocycles. The molecule has 7 N–H and O–H groups in total. The normalized spacial score (nSPS) is 18.2. The van der Waals surface area contributed by atoms with E-state index in [2.05, 4.69) is 25.9 Å². The van der Waals surface area contributed by atoms with Crippen LogP contribution in [0.15, 0.2) is 42.7 Å². The number of rotatable bonds is 7. The minimum absolute atomic E-state index is 0.0356. The number of benzene rings is 1. The zero-order valence-corrected chi connectivity index (χ0v) is 24.2. The molecule has 0 aliphatic carbocycles. The number of hydrogen-bond donors (Lipinski definition) is 5. The van der Waals surface area contributed by atoms with Gasteiger partial charge in [0, 0.05) is 31.4 Å². The average Bonchev–Trinajstić information content (AvgIpc) is 2.95. The molecule has 1 aliphatic heterocycles. The second kappa shape index (κ2) is 13.0. The summed E-state index contributed by atoms with van der Waals surface area (Å²) in [7, 11) is 1.28. The number of pyridine rings is 2. The fourth-order valence-electron chi connectivity index (χ4n) is 5.00. The number of nitrogens with two attached hydrogens (primary N) is 2. The highest BCUT2D eigenvalue weighted by Crippen LogP contribution is 2.31. The SMILES string of the molecule is COC(=O)N[C@@H]1[C@H](N)CN(c2ccncc2NC(=O)c2nc(-c3c(F)ccc(C(=O)NC(C)C)c3F)ccc2N)C[C@@H]1C. The zero-order chi connectivity index (χ0) is 31.4. The van der Waals surface area contributed by atoms with Crippen LogP contribution in [0.25, 0.3) is 11.3 Å². The van der Waals surface area contributed by atoms with E-state index in [1.807, 2.05) is 11.8 Å². The quantitative estimate of drug-likeness (QED) is 0.274. The van der Waals surface area contributed by atoms with Gasteiger partial charge in [-0.1, -0.05) is 6.92 Å². The van der Waals surface area contributed by atoms with Crippen molar-refractivity contribution >= 4 is 35.0 Å². The van der Waals surface area contributed by atoms with Crippen LogP contribution in [-0.4, -0.2) is 66.2 Å². The van der Waals surface area contributed by atoms with Gasteiger partial charge in [0.15, 0.2) is 5.69 Å². The van der Waals surface area contributed by atoms with Gasteiger partial charge >= 0.3 is 6.09 Å². The van der Waals surface area contributed by atoms with Crippen molar-refractivity contribution in [1.82, 2.24) is 20.6 Å². The van der Waals surface area contributed by atoms with Crippen LogP contribution >= 0.6 is 0 Å². The summed E-state index contributed by atoms with van der Waals surface area (Å²) in [6.45, 7) is 6.19. The fraction of sp³-hybridized carbons (Fsp3) is 0.345. The predicted molar refractivity (Wildman–Crippen MR) is 157 cm³/mol. The number of alkyl carbamates (subject to hydrolysis) is 1. The number of anilines is 3. The number of halogens is 2. The Labute approximate surface area is 247 Å². The molecule has 3 aromatic rings. The number of nitrogens with zero attached hydrogens (tertiary/aromatic N) is 3. The highest BCUT2D eigenvalue weighted by molar-refractivity contribution is 6.08. The summed E-state index contributed by atoms with van der Waals surface area (Å²) < 4.78 is 35.0. The molecule has 12 nitrogen and oxygen atoms in total. The number of piperidine rings is 1. The lowest BCUT2D eigenvalue weighted by molar-refractivity contribution is 0.0938. The van der Waals surface area contributed by atoms with Crippen LogP contribution in [0, 0.1) is 17.6 Å². The lowest BCUT2D eigenvalue weighted by Crippen LogP contribution is -2.62. The smallest absolute Gasteiger partial charge is 0.407 e. The molecule has 1 aromatic carbocycles. The molecule has 1 fully saturated rings. The second-order valence-corrected chi connectivity index (χ2v) is 10.6.